The van der Waals surface area contributed by atoms with Gasteiger partial charge in [0.25, 0.3) is 0 Å². The number of hydrogen-bond donors (Lipinski definition) is 1. The van der Waals surface area contributed by atoms with Crippen LogP contribution in [-0.2, 0) is 9.53 Å². The van der Waals surface area contributed by atoms with Gasteiger partial charge in [0, 0.05) is 25.0 Å². The van der Waals surface area contributed by atoms with Crippen LogP contribution in [0.3, 0.4) is 0 Å². The number of carbonyl (C=O) groups excluding carboxylic acids is 1. The predicted molar refractivity (Wildman–Crippen MR) is 92.9 cm³/mol. The molecule has 0 aliphatic carbocycles. The van der Waals surface area contributed by atoms with Crippen LogP contribution in [0.25, 0.3) is 10.2 Å². The number of ether oxygens (including phenoxy) is 1. The third-order valence-electron chi connectivity index (χ3n) is 4.19. The van der Waals surface area contributed by atoms with E-state index in [1.807, 2.05) is 18.2 Å². The first kappa shape index (κ1) is 16.4. The summed E-state index contributed by atoms with van der Waals surface area (Å²) in [5.41, 5.74) is 1.04. The first-order chi connectivity index (χ1) is 11.1. The van der Waals surface area contributed by atoms with Gasteiger partial charge in [-0.1, -0.05) is 19.1 Å². The molecule has 5 nitrogen and oxygen atoms in total. The highest BCUT2D eigenvalue weighted by molar-refractivity contribution is 7.18. The van der Waals surface area contributed by atoms with E-state index in [1.165, 1.54) is 4.70 Å². The second kappa shape index (κ2) is 7.38. The Bertz CT molecular complexity index is 640. The lowest BCUT2D eigenvalue weighted by Gasteiger charge is -2.32. The summed E-state index contributed by atoms with van der Waals surface area (Å²) in [7, 11) is 0. The molecular weight excluding hydrogens is 310 g/mol. The number of thiazole rings is 1. The summed E-state index contributed by atoms with van der Waals surface area (Å²) in [5.74, 6) is 0.296. The van der Waals surface area contributed by atoms with Gasteiger partial charge in [-0.2, -0.15) is 0 Å². The van der Waals surface area contributed by atoms with Crippen molar-refractivity contribution >= 4 is 27.5 Å². The van der Waals surface area contributed by atoms with Gasteiger partial charge in [0.15, 0.2) is 0 Å². The average molecular weight is 333 g/mol. The number of nitrogens with zero attached hydrogens (tertiary/aromatic N) is 2. The van der Waals surface area contributed by atoms with Gasteiger partial charge in [-0.25, -0.2) is 4.98 Å². The molecule has 1 aliphatic heterocycles. The number of carbonyl (C=O) groups is 1. The van der Waals surface area contributed by atoms with Gasteiger partial charge in [-0.3, -0.25) is 9.69 Å². The maximum Gasteiger partial charge on any atom is 0.234 e. The molecule has 2 heterocycles. The molecule has 1 fully saturated rings. The smallest absolute Gasteiger partial charge is 0.234 e. The van der Waals surface area contributed by atoms with Crippen molar-refractivity contribution in [3.05, 3.63) is 29.3 Å². The van der Waals surface area contributed by atoms with Gasteiger partial charge in [-0.05, 0) is 19.1 Å². The first-order valence-corrected chi connectivity index (χ1v) is 8.89. The second-order valence-corrected chi connectivity index (χ2v) is 7.18. The fraction of sp³-hybridized carbons (Fsp3) is 0.529. The van der Waals surface area contributed by atoms with Crippen LogP contribution in [0.2, 0.25) is 0 Å². The summed E-state index contributed by atoms with van der Waals surface area (Å²) < 4.78 is 6.60. The molecule has 1 N–H and O–H groups in total. The van der Waals surface area contributed by atoms with Crippen LogP contribution in [0.15, 0.2) is 24.3 Å². The molecule has 0 spiro atoms. The molecule has 6 heteroatoms. The summed E-state index contributed by atoms with van der Waals surface area (Å²) in [4.78, 5) is 19.0. The van der Waals surface area contributed by atoms with Crippen molar-refractivity contribution in [3.63, 3.8) is 0 Å². The van der Waals surface area contributed by atoms with Gasteiger partial charge in [0.05, 0.1) is 35.0 Å². The molecule has 1 amide bonds. The summed E-state index contributed by atoms with van der Waals surface area (Å²) in [6.07, 6.45) is 0. The summed E-state index contributed by atoms with van der Waals surface area (Å²) >= 11 is 1.70. The summed E-state index contributed by atoms with van der Waals surface area (Å²) in [5, 5.41) is 4.11. The van der Waals surface area contributed by atoms with Crippen molar-refractivity contribution in [2.24, 2.45) is 0 Å². The van der Waals surface area contributed by atoms with Gasteiger partial charge in [-0.15, -0.1) is 11.3 Å². The summed E-state index contributed by atoms with van der Waals surface area (Å²) in [6, 6.07) is 8.44. The Hall–Kier alpha value is -1.50. The van der Waals surface area contributed by atoms with Crippen molar-refractivity contribution in [3.8, 4) is 0 Å². The Morgan fingerprint density at radius 2 is 2.35 bits per heavy atom. The quantitative estimate of drug-likeness (QED) is 0.912. The molecule has 0 unspecified atom stereocenters. The van der Waals surface area contributed by atoms with Crippen molar-refractivity contribution in [1.29, 1.82) is 0 Å². The molecule has 1 aromatic heterocycles. The number of benzene rings is 1. The molecule has 124 valence electrons. The van der Waals surface area contributed by atoms with E-state index in [1.54, 1.807) is 11.3 Å². The fourth-order valence-electron chi connectivity index (χ4n) is 2.69. The maximum atomic E-state index is 12.2. The first-order valence-electron chi connectivity index (χ1n) is 8.07. The van der Waals surface area contributed by atoms with Crippen molar-refractivity contribution in [1.82, 2.24) is 15.2 Å². The minimum Gasteiger partial charge on any atom is -0.379 e. The number of para-hydroxylation sites is 1. The Labute approximate surface area is 140 Å². The minimum atomic E-state index is 0.0757. The van der Waals surface area contributed by atoms with Crippen LogP contribution in [0, 0.1) is 0 Å². The van der Waals surface area contributed by atoms with Crippen LogP contribution < -0.4 is 5.32 Å². The number of rotatable bonds is 5. The van der Waals surface area contributed by atoms with E-state index in [0.717, 1.165) is 17.1 Å². The van der Waals surface area contributed by atoms with Crippen molar-refractivity contribution < 1.29 is 9.53 Å². The number of amides is 1. The Morgan fingerprint density at radius 1 is 1.52 bits per heavy atom. The molecule has 3 rings (SSSR count). The highest BCUT2D eigenvalue weighted by Gasteiger charge is 2.21. The number of aromatic nitrogens is 1. The molecule has 0 radical (unpaired) electrons. The van der Waals surface area contributed by atoms with E-state index < -0.39 is 0 Å². The molecule has 23 heavy (non-hydrogen) atoms. The molecule has 2 atom stereocenters. The van der Waals surface area contributed by atoms with Gasteiger partial charge in [0.2, 0.25) is 5.91 Å². The maximum absolute atomic E-state index is 12.2. The molecule has 1 saturated heterocycles. The van der Waals surface area contributed by atoms with E-state index in [0.29, 0.717) is 32.3 Å². The largest absolute Gasteiger partial charge is 0.379 e. The van der Waals surface area contributed by atoms with Crippen LogP contribution in [0.4, 0.5) is 0 Å². The zero-order valence-electron chi connectivity index (χ0n) is 13.6. The van der Waals surface area contributed by atoms with Gasteiger partial charge >= 0.3 is 0 Å². The summed E-state index contributed by atoms with van der Waals surface area (Å²) in [6.45, 7) is 7.50. The lowest BCUT2D eigenvalue weighted by Crippen LogP contribution is -2.48. The zero-order chi connectivity index (χ0) is 16.2. The molecular formula is C17H23N3O2S. The van der Waals surface area contributed by atoms with Crippen LogP contribution in [0.5, 0.6) is 0 Å². The monoisotopic (exact) mass is 333 g/mol. The molecule has 1 aliphatic rings. The number of hydrogen-bond acceptors (Lipinski definition) is 5. The standard InChI is InChI=1S/C17H23N3O2S/c1-12(17-19-14-5-3-4-6-15(14)23-17)9-18-16(21)10-20-7-8-22-11-13(20)2/h3-6,12-13H,7-11H2,1-2H3,(H,18,21)/t12-,13-/m0/s1. The lowest BCUT2D eigenvalue weighted by molar-refractivity contribution is -0.124. The van der Waals surface area contributed by atoms with E-state index in [2.05, 4.69) is 35.1 Å². The minimum absolute atomic E-state index is 0.0757. The lowest BCUT2D eigenvalue weighted by atomic mass is 10.2. The average Bonchev–Trinajstić information content (AvgIpc) is 2.99. The Balaban J connectivity index is 1.51. The third-order valence-corrected chi connectivity index (χ3v) is 5.46. The van der Waals surface area contributed by atoms with Gasteiger partial charge in [0.1, 0.15) is 0 Å². The molecule has 2 aromatic rings. The van der Waals surface area contributed by atoms with Gasteiger partial charge < -0.3 is 10.1 Å². The SMILES string of the molecule is C[C@@H](CNC(=O)CN1CCOC[C@@H]1C)c1nc2ccccc2s1. The topological polar surface area (TPSA) is 54.5 Å². The van der Waals surface area contributed by atoms with Crippen LogP contribution >= 0.6 is 11.3 Å². The third kappa shape index (κ3) is 4.07. The molecule has 0 saturated carbocycles. The zero-order valence-corrected chi connectivity index (χ0v) is 14.4. The molecule has 1 aromatic carbocycles. The van der Waals surface area contributed by atoms with E-state index in [4.69, 9.17) is 4.74 Å². The predicted octanol–water partition coefficient (Wildman–Crippen LogP) is 2.24. The van der Waals surface area contributed by atoms with E-state index in [9.17, 15) is 4.79 Å². The highest BCUT2D eigenvalue weighted by atomic mass is 32.1. The van der Waals surface area contributed by atoms with E-state index in [-0.39, 0.29) is 11.8 Å². The molecule has 0 bridgehead atoms. The Kier molecular flexibility index (Phi) is 5.25. The second-order valence-electron chi connectivity index (χ2n) is 6.12. The number of nitrogens with one attached hydrogen (secondary N) is 1. The number of fused-ring (bicyclic) bond motifs is 1. The van der Waals surface area contributed by atoms with E-state index >= 15 is 0 Å². The number of morpholine rings is 1. The van der Waals surface area contributed by atoms with Crippen molar-refractivity contribution in [2.45, 2.75) is 25.8 Å². The fourth-order valence-corrected chi connectivity index (χ4v) is 3.71. The van der Waals surface area contributed by atoms with Crippen LogP contribution in [-0.4, -0.2) is 54.7 Å². The highest BCUT2D eigenvalue weighted by Crippen LogP contribution is 2.26. The normalized spacial score (nSPS) is 20.5. The van der Waals surface area contributed by atoms with Crippen LogP contribution in [0.1, 0.15) is 24.8 Å². The Morgan fingerprint density at radius 3 is 3.13 bits per heavy atom. The van der Waals surface area contributed by atoms with Crippen molar-refractivity contribution in [2.75, 3.05) is 32.8 Å².